The number of alkyl halides is 1. The van der Waals surface area contributed by atoms with E-state index in [1.807, 2.05) is 0 Å². The zero-order valence-electron chi connectivity index (χ0n) is 6.07. The minimum absolute atomic E-state index is 0.593. The van der Waals surface area contributed by atoms with Gasteiger partial charge in [-0.05, 0) is 12.1 Å². The molecule has 1 rings (SSSR count). The van der Waals surface area contributed by atoms with Gasteiger partial charge >= 0.3 is 0 Å². The van der Waals surface area contributed by atoms with Gasteiger partial charge in [-0.1, -0.05) is 57.0 Å². The quantitative estimate of drug-likeness (QED) is 0.494. The van der Waals surface area contributed by atoms with Crippen LogP contribution >= 0.6 is 39.1 Å². The van der Waals surface area contributed by atoms with E-state index in [1.54, 1.807) is 18.2 Å². The molecule has 62 valence electrons. The van der Waals surface area contributed by atoms with Gasteiger partial charge in [0.2, 0.25) is 0 Å². The highest BCUT2D eigenvalue weighted by Crippen LogP contribution is 2.22. The molecule has 0 fully saturated rings. The van der Waals surface area contributed by atoms with Crippen LogP contribution in [0.3, 0.4) is 0 Å². The van der Waals surface area contributed by atoms with Crippen LogP contribution in [0.1, 0.15) is 5.56 Å². The fourth-order valence-corrected chi connectivity index (χ4v) is 1.37. The molecule has 1 aromatic rings. The Labute approximate surface area is 90.0 Å². The largest absolute Gasteiger partial charge is 0.0862 e. The molecule has 3 heteroatoms. The molecule has 0 spiro atoms. The zero-order valence-corrected chi connectivity index (χ0v) is 9.17. The summed E-state index contributed by atoms with van der Waals surface area (Å²) in [7, 11) is 0. The van der Waals surface area contributed by atoms with E-state index in [2.05, 4.69) is 27.8 Å². The van der Waals surface area contributed by atoms with Crippen molar-refractivity contribution in [3.8, 4) is 11.8 Å². The van der Waals surface area contributed by atoms with E-state index in [0.717, 1.165) is 0 Å². The first kappa shape index (κ1) is 9.92. The van der Waals surface area contributed by atoms with Crippen LogP contribution in [-0.2, 0) is 0 Å². The van der Waals surface area contributed by atoms with Gasteiger partial charge in [0.15, 0.2) is 0 Å². The Morgan fingerprint density at radius 1 is 1.25 bits per heavy atom. The molecule has 0 aliphatic carbocycles. The first-order valence-corrected chi connectivity index (χ1v) is 5.12. The monoisotopic (exact) mass is 262 g/mol. The summed E-state index contributed by atoms with van der Waals surface area (Å²) in [6.45, 7) is 0. The molecule has 1 aromatic carbocycles. The third kappa shape index (κ3) is 2.42. The van der Waals surface area contributed by atoms with Crippen LogP contribution < -0.4 is 0 Å². The van der Waals surface area contributed by atoms with Crippen LogP contribution in [0.25, 0.3) is 0 Å². The van der Waals surface area contributed by atoms with Crippen LogP contribution in [0.2, 0.25) is 10.0 Å². The van der Waals surface area contributed by atoms with E-state index in [4.69, 9.17) is 23.2 Å². The number of rotatable bonds is 0. The molecule has 0 atom stereocenters. The summed E-state index contributed by atoms with van der Waals surface area (Å²) >= 11 is 14.9. The molecule has 12 heavy (non-hydrogen) atoms. The predicted molar refractivity (Wildman–Crippen MR) is 57.1 cm³/mol. The third-order valence-electron chi connectivity index (χ3n) is 1.24. The van der Waals surface area contributed by atoms with Crippen LogP contribution in [0.5, 0.6) is 0 Å². The van der Waals surface area contributed by atoms with Crippen molar-refractivity contribution in [1.29, 1.82) is 0 Å². The summed E-state index contributed by atoms with van der Waals surface area (Å²) < 4.78 is 0. The maximum atomic E-state index is 5.86. The molecule has 0 N–H and O–H groups in total. The molecule has 0 heterocycles. The van der Waals surface area contributed by atoms with Crippen molar-refractivity contribution in [3.05, 3.63) is 33.8 Å². The molecule has 0 aromatic heterocycles. The highest BCUT2D eigenvalue weighted by atomic mass is 79.9. The molecule has 0 unspecified atom stereocenters. The van der Waals surface area contributed by atoms with E-state index < -0.39 is 0 Å². The first-order chi connectivity index (χ1) is 5.75. The summed E-state index contributed by atoms with van der Waals surface area (Å²) in [6.07, 6.45) is 0. The average molecular weight is 264 g/mol. The number of hydrogen-bond acceptors (Lipinski definition) is 0. The summed E-state index contributed by atoms with van der Waals surface area (Å²) in [4.78, 5) is 0. The normalized spacial score (nSPS) is 8.92. The van der Waals surface area contributed by atoms with E-state index in [0.29, 0.717) is 20.9 Å². The third-order valence-corrected chi connectivity index (χ3v) is 2.15. The van der Waals surface area contributed by atoms with Crippen molar-refractivity contribution in [3.63, 3.8) is 0 Å². The Morgan fingerprint density at radius 3 is 2.33 bits per heavy atom. The van der Waals surface area contributed by atoms with E-state index in [1.165, 1.54) is 0 Å². The minimum Gasteiger partial charge on any atom is -0.0862 e. The number of benzene rings is 1. The number of halogens is 3. The predicted octanol–water partition coefficient (Wildman–Crippen LogP) is 3.74. The fourth-order valence-electron chi connectivity index (χ4n) is 0.739. The van der Waals surface area contributed by atoms with Gasteiger partial charge in [0, 0.05) is 0 Å². The molecule has 0 bridgehead atoms. The Kier molecular flexibility index (Phi) is 3.94. The van der Waals surface area contributed by atoms with Gasteiger partial charge in [-0.15, -0.1) is 0 Å². The molecule has 0 nitrogen and oxygen atoms in total. The van der Waals surface area contributed by atoms with Gasteiger partial charge in [0.1, 0.15) is 0 Å². The Morgan fingerprint density at radius 2 is 1.83 bits per heavy atom. The lowest BCUT2D eigenvalue weighted by molar-refractivity contribution is 1.64. The SMILES string of the molecule is Clc1cccc(Cl)c1C#CCBr. The highest BCUT2D eigenvalue weighted by Gasteiger charge is 2.00. The lowest BCUT2D eigenvalue weighted by Gasteiger charge is -1.96. The van der Waals surface area contributed by atoms with Crippen molar-refractivity contribution >= 4 is 39.1 Å². The molecule has 0 radical (unpaired) electrons. The summed E-state index contributed by atoms with van der Waals surface area (Å²) in [5.41, 5.74) is 0.695. The van der Waals surface area contributed by atoms with Gasteiger partial charge in [-0.3, -0.25) is 0 Å². The lowest BCUT2D eigenvalue weighted by atomic mass is 10.2. The van der Waals surface area contributed by atoms with Gasteiger partial charge in [-0.2, -0.15) is 0 Å². The summed E-state index contributed by atoms with van der Waals surface area (Å²) in [6, 6.07) is 5.33. The van der Waals surface area contributed by atoms with Crippen LogP contribution in [0, 0.1) is 11.8 Å². The lowest BCUT2D eigenvalue weighted by Crippen LogP contribution is -1.78. The molecule has 0 saturated carbocycles. The van der Waals surface area contributed by atoms with Crippen molar-refractivity contribution in [2.45, 2.75) is 0 Å². The van der Waals surface area contributed by atoms with Crippen molar-refractivity contribution < 1.29 is 0 Å². The smallest absolute Gasteiger partial charge is 0.0649 e. The van der Waals surface area contributed by atoms with E-state index in [9.17, 15) is 0 Å². The summed E-state index contributed by atoms with van der Waals surface area (Å²) in [5.74, 6) is 5.71. The number of hydrogen-bond donors (Lipinski definition) is 0. The zero-order chi connectivity index (χ0) is 8.97. The first-order valence-electron chi connectivity index (χ1n) is 3.24. The van der Waals surface area contributed by atoms with Gasteiger partial charge in [-0.25, -0.2) is 0 Å². The molecule has 0 amide bonds. The molecular formula is C9H5BrCl2. The Balaban J connectivity index is 3.13. The maximum Gasteiger partial charge on any atom is 0.0649 e. The Hall–Kier alpha value is -0.160. The highest BCUT2D eigenvalue weighted by molar-refractivity contribution is 9.09. The molecule has 0 aliphatic rings. The maximum absolute atomic E-state index is 5.86. The second kappa shape index (κ2) is 4.77. The van der Waals surface area contributed by atoms with E-state index >= 15 is 0 Å². The van der Waals surface area contributed by atoms with Crippen LogP contribution in [0.15, 0.2) is 18.2 Å². The second-order valence-corrected chi connectivity index (χ2v) is 3.41. The van der Waals surface area contributed by atoms with Crippen molar-refractivity contribution in [1.82, 2.24) is 0 Å². The van der Waals surface area contributed by atoms with Gasteiger partial charge in [0.25, 0.3) is 0 Å². The minimum atomic E-state index is 0.593. The van der Waals surface area contributed by atoms with Gasteiger partial charge in [0.05, 0.1) is 20.9 Å². The summed E-state index contributed by atoms with van der Waals surface area (Å²) in [5, 5.41) is 1.81. The van der Waals surface area contributed by atoms with Gasteiger partial charge < -0.3 is 0 Å². The molecule has 0 aliphatic heterocycles. The molecule has 0 saturated heterocycles. The van der Waals surface area contributed by atoms with Crippen molar-refractivity contribution in [2.24, 2.45) is 0 Å². The van der Waals surface area contributed by atoms with E-state index in [-0.39, 0.29) is 0 Å². The fraction of sp³-hybridized carbons (Fsp3) is 0.111. The second-order valence-electron chi connectivity index (χ2n) is 2.03. The topological polar surface area (TPSA) is 0 Å². The van der Waals surface area contributed by atoms with Crippen molar-refractivity contribution in [2.75, 3.05) is 5.33 Å². The Bertz CT molecular complexity index is 316. The van der Waals surface area contributed by atoms with Crippen LogP contribution in [-0.4, -0.2) is 5.33 Å². The standard InChI is InChI=1S/C9H5BrCl2/c10-6-2-3-7-8(11)4-1-5-9(7)12/h1,4-5H,6H2. The van der Waals surface area contributed by atoms with Crippen LogP contribution in [0.4, 0.5) is 0 Å². The molecular weight excluding hydrogens is 259 g/mol. The average Bonchev–Trinajstić information content (AvgIpc) is 2.04.